The topological polar surface area (TPSA) is 47.6 Å². The Morgan fingerprint density at radius 2 is 2.09 bits per heavy atom. The monoisotopic (exact) mass is 445 g/mol. The Labute approximate surface area is 154 Å². The van der Waals surface area contributed by atoms with Gasteiger partial charge in [-0.1, -0.05) is 24.6 Å². The zero-order chi connectivity index (χ0) is 16.8. The molecule has 0 radical (unpaired) electrons. The molecule has 0 saturated heterocycles. The maximum atomic E-state index is 12.4. The van der Waals surface area contributed by atoms with E-state index in [1.165, 1.54) is 0 Å². The summed E-state index contributed by atoms with van der Waals surface area (Å²) in [5.74, 6) is 0.973. The van der Waals surface area contributed by atoms with Crippen LogP contribution in [-0.4, -0.2) is 19.6 Å². The molecule has 1 amide bonds. The van der Waals surface area contributed by atoms with Gasteiger partial charge in [-0.2, -0.15) is 0 Å². The Kier molecular flexibility index (Phi) is 6.53. The van der Waals surface area contributed by atoms with E-state index in [-0.39, 0.29) is 5.91 Å². The minimum Gasteiger partial charge on any atom is -0.493 e. The highest BCUT2D eigenvalue weighted by Gasteiger charge is 2.15. The number of rotatable bonds is 6. The highest BCUT2D eigenvalue weighted by molar-refractivity contribution is 14.1. The lowest BCUT2D eigenvalue weighted by Gasteiger charge is -2.14. The largest absolute Gasteiger partial charge is 0.493 e. The average Bonchev–Trinajstić information content (AvgIpc) is 2.53. The van der Waals surface area contributed by atoms with E-state index in [2.05, 4.69) is 27.9 Å². The summed E-state index contributed by atoms with van der Waals surface area (Å²) in [6.07, 6.45) is 0.899. The molecule has 2 aromatic carbocycles. The van der Waals surface area contributed by atoms with E-state index in [9.17, 15) is 4.79 Å². The van der Waals surface area contributed by atoms with Crippen LogP contribution in [-0.2, 0) is 0 Å². The van der Waals surface area contributed by atoms with Gasteiger partial charge in [-0.05, 0) is 59.3 Å². The molecule has 0 unspecified atom stereocenters. The Bertz CT molecular complexity index is 706. The molecule has 0 aliphatic heterocycles. The Hall–Kier alpha value is -1.47. The second-order valence-corrected chi connectivity index (χ2v) is 6.40. The molecule has 0 spiro atoms. The minimum atomic E-state index is -0.231. The molecule has 0 saturated carbocycles. The quantitative estimate of drug-likeness (QED) is 0.637. The summed E-state index contributed by atoms with van der Waals surface area (Å²) in [5.41, 5.74) is 1.14. The first kappa shape index (κ1) is 17.9. The number of benzene rings is 2. The number of anilines is 1. The van der Waals surface area contributed by atoms with Crippen LogP contribution in [0, 0.1) is 3.57 Å². The van der Waals surface area contributed by atoms with Crippen molar-refractivity contribution in [3.05, 3.63) is 50.6 Å². The summed E-state index contributed by atoms with van der Waals surface area (Å²) in [6, 6.07) is 10.5. The van der Waals surface area contributed by atoms with Crippen molar-refractivity contribution in [2.75, 3.05) is 19.0 Å². The lowest BCUT2D eigenvalue weighted by Crippen LogP contribution is -2.13. The van der Waals surface area contributed by atoms with Crippen LogP contribution in [0.5, 0.6) is 11.5 Å². The van der Waals surface area contributed by atoms with Crippen molar-refractivity contribution in [2.24, 2.45) is 0 Å². The van der Waals surface area contributed by atoms with E-state index >= 15 is 0 Å². The maximum absolute atomic E-state index is 12.4. The van der Waals surface area contributed by atoms with Gasteiger partial charge in [-0.15, -0.1) is 0 Å². The molecule has 0 aromatic heterocycles. The first-order chi connectivity index (χ1) is 11.0. The zero-order valence-corrected chi connectivity index (χ0v) is 15.8. The number of carbonyl (C=O) groups is 1. The van der Waals surface area contributed by atoms with Crippen LogP contribution in [0.2, 0.25) is 5.02 Å². The van der Waals surface area contributed by atoms with Gasteiger partial charge in [0.05, 0.1) is 17.3 Å². The lowest BCUT2D eigenvalue weighted by molar-refractivity contribution is 0.102. The van der Waals surface area contributed by atoms with Crippen molar-refractivity contribution in [3.63, 3.8) is 0 Å². The number of carbonyl (C=O) groups excluding carboxylic acids is 1. The standard InChI is InChI=1S/C17H17ClINO3/c1-3-7-23-16-14(19)8-11(9-15(16)22-2)17(21)20-13-6-4-5-12(18)10-13/h4-6,8-10H,3,7H2,1-2H3,(H,20,21). The van der Waals surface area contributed by atoms with Crippen LogP contribution in [0.4, 0.5) is 5.69 Å². The molecule has 2 rings (SSSR count). The van der Waals surface area contributed by atoms with E-state index in [1.807, 2.05) is 6.92 Å². The van der Waals surface area contributed by atoms with Crippen LogP contribution < -0.4 is 14.8 Å². The van der Waals surface area contributed by atoms with Crippen molar-refractivity contribution >= 4 is 45.8 Å². The first-order valence-corrected chi connectivity index (χ1v) is 8.58. The summed E-state index contributed by atoms with van der Waals surface area (Å²) in [5, 5.41) is 3.38. The smallest absolute Gasteiger partial charge is 0.255 e. The molecule has 6 heteroatoms. The summed E-state index contributed by atoms with van der Waals surface area (Å²) in [6.45, 7) is 2.63. The van der Waals surface area contributed by atoms with E-state index in [4.69, 9.17) is 21.1 Å². The van der Waals surface area contributed by atoms with Gasteiger partial charge in [0.2, 0.25) is 0 Å². The van der Waals surface area contributed by atoms with Gasteiger partial charge < -0.3 is 14.8 Å². The molecule has 0 bridgehead atoms. The third kappa shape index (κ3) is 4.75. The van der Waals surface area contributed by atoms with Gasteiger partial charge in [0, 0.05) is 16.3 Å². The van der Waals surface area contributed by atoms with Crippen molar-refractivity contribution in [1.82, 2.24) is 0 Å². The summed E-state index contributed by atoms with van der Waals surface area (Å²) < 4.78 is 11.9. The third-order valence-electron chi connectivity index (χ3n) is 3.02. The van der Waals surface area contributed by atoms with Crippen molar-refractivity contribution in [1.29, 1.82) is 0 Å². The number of amides is 1. The van der Waals surface area contributed by atoms with Gasteiger partial charge in [0.1, 0.15) is 0 Å². The summed E-state index contributed by atoms with van der Waals surface area (Å²) >= 11 is 8.07. The number of methoxy groups -OCH3 is 1. The number of ether oxygens (including phenoxy) is 2. The lowest BCUT2D eigenvalue weighted by atomic mass is 10.2. The number of halogens is 2. The predicted octanol–water partition coefficient (Wildman–Crippen LogP) is 4.99. The van der Waals surface area contributed by atoms with Gasteiger partial charge in [0.15, 0.2) is 11.5 Å². The van der Waals surface area contributed by atoms with E-state index < -0.39 is 0 Å². The number of hydrogen-bond acceptors (Lipinski definition) is 3. The molecular formula is C17H17ClINO3. The van der Waals surface area contributed by atoms with Crippen LogP contribution in [0.3, 0.4) is 0 Å². The second kappa shape index (κ2) is 8.40. The fourth-order valence-electron chi connectivity index (χ4n) is 1.96. The van der Waals surface area contributed by atoms with Crippen LogP contribution in [0.25, 0.3) is 0 Å². The number of hydrogen-bond donors (Lipinski definition) is 1. The fraction of sp³-hybridized carbons (Fsp3) is 0.235. The van der Waals surface area contributed by atoms with Crippen LogP contribution in [0.1, 0.15) is 23.7 Å². The molecule has 1 N–H and O–H groups in total. The van der Waals surface area contributed by atoms with E-state index in [0.29, 0.717) is 34.4 Å². The minimum absolute atomic E-state index is 0.231. The molecular weight excluding hydrogens is 429 g/mol. The SMILES string of the molecule is CCCOc1c(I)cc(C(=O)Nc2cccc(Cl)c2)cc1OC. The zero-order valence-electron chi connectivity index (χ0n) is 12.9. The van der Waals surface area contributed by atoms with Gasteiger partial charge >= 0.3 is 0 Å². The molecule has 0 fully saturated rings. The third-order valence-corrected chi connectivity index (χ3v) is 4.06. The molecule has 2 aromatic rings. The summed E-state index contributed by atoms with van der Waals surface area (Å²) in [7, 11) is 1.56. The van der Waals surface area contributed by atoms with Crippen molar-refractivity contribution < 1.29 is 14.3 Å². The Morgan fingerprint density at radius 1 is 1.30 bits per heavy atom. The maximum Gasteiger partial charge on any atom is 0.255 e. The van der Waals surface area contributed by atoms with E-state index in [1.54, 1.807) is 43.5 Å². The number of nitrogens with one attached hydrogen (secondary N) is 1. The average molecular weight is 446 g/mol. The van der Waals surface area contributed by atoms with Crippen LogP contribution >= 0.6 is 34.2 Å². The highest BCUT2D eigenvalue weighted by Crippen LogP contribution is 2.34. The first-order valence-electron chi connectivity index (χ1n) is 7.12. The second-order valence-electron chi connectivity index (χ2n) is 4.80. The fourth-order valence-corrected chi connectivity index (χ4v) is 2.91. The molecule has 122 valence electrons. The van der Waals surface area contributed by atoms with Crippen LogP contribution in [0.15, 0.2) is 36.4 Å². The molecule has 4 nitrogen and oxygen atoms in total. The normalized spacial score (nSPS) is 10.3. The van der Waals surface area contributed by atoms with Gasteiger partial charge in [-0.25, -0.2) is 0 Å². The summed E-state index contributed by atoms with van der Waals surface area (Å²) in [4.78, 5) is 12.4. The van der Waals surface area contributed by atoms with Gasteiger partial charge in [0.25, 0.3) is 5.91 Å². The predicted molar refractivity (Wildman–Crippen MR) is 101 cm³/mol. The Morgan fingerprint density at radius 3 is 2.74 bits per heavy atom. The Balaban J connectivity index is 2.25. The molecule has 0 atom stereocenters. The molecule has 0 aliphatic carbocycles. The molecule has 0 aliphatic rings. The van der Waals surface area contributed by atoms with Crippen molar-refractivity contribution in [3.8, 4) is 11.5 Å². The van der Waals surface area contributed by atoms with E-state index in [0.717, 1.165) is 9.99 Å². The van der Waals surface area contributed by atoms with Gasteiger partial charge in [-0.3, -0.25) is 4.79 Å². The molecule has 23 heavy (non-hydrogen) atoms. The van der Waals surface area contributed by atoms with Crippen molar-refractivity contribution in [2.45, 2.75) is 13.3 Å². The molecule has 0 heterocycles. The highest BCUT2D eigenvalue weighted by atomic mass is 127.